The zero-order chi connectivity index (χ0) is 17.6. The van der Waals surface area contributed by atoms with Crippen molar-refractivity contribution in [1.29, 1.82) is 0 Å². The van der Waals surface area contributed by atoms with Crippen molar-refractivity contribution in [2.24, 2.45) is 11.8 Å². The van der Waals surface area contributed by atoms with Gasteiger partial charge < -0.3 is 19.5 Å². The van der Waals surface area contributed by atoms with E-state index in [1.807, 2.05) is 11.9 Å². The van der Waals surface area contributed by atoms with Gasteiger partial charge in [0, 0.05) is 26.1 Å². The molecule has 3 fully saturated rings. The van der Waals surface area contributed by atoms with Gasteiger partial charge in [-0.15, -0.1) is 0 Å². The Labute approximate surface area is 146 Å². The maximum atomic E-state index is 12.8. The Morgan fingerprint density at radius 2 is 2.08 bits per heavy atom. The topological polar surface area (TPSA) is 92.4 Å². The standard InChI is InChI=1S/C17H25N3O5/c1-17-12(25-17)8-10-11(14(21)19-20-6-4-3-5-7-20)9-23-15(13(10)17)24-16(22)18-2/h9-10,12-13,15H,3-8H2,1-2H3,(H,18,22)(H,19,21)/t10-,12+,13+,15+,17+/m1/s1. The maximum Gasteiger partial charge on any atom is 0.409 e. The highest BCUT2D eigenvalue weighted by Gasteiger charge is 2.70. The van der Waals surface area contributed by atoms with E-state index < -0.39 is 18.0 Å². The average Bonchev–Trinajstić information content (AvgIpc) is 3.16. The van der Waals surface area contributed by atoms with Crippen molar-refractivity contribution in [3.8, 4) is 0 Å². The smallest absolute Gasteiger partial charge is 0.409 e. The fraction of sp³-hybridized carbons (Fsp3) is 0.765. The first-order chi connectivity index (χ1) is 12.0. The molecule has 4 aliphatic rings. The fourth-order valence-electron chi connectivity index (χ4n) is 4.42. The summed E-state index contributed by atoms with van der Waals surface area (Å²) in [5.74, 6) is -0.334. The Morgan fingerprint density at radius 3 is 2.80 bits per heavy atom. The molecule has 1 saturated carbocycles. The lowest BCUT2D eigenvalue weighted by Gasteiger charge is -2.36. The molecule has 138 valence electrons. The molecule has 2 saturated heterocycles. The first-order valence-electron chi connectivity index (χ1n) is 9.00. The van der Waals surface area contributed by atoms with Crippen molar-refractivity contribution < 1.29 is 23.8 Å². The fourth-order valence-corrected chi connectivity index (χ4v) is 4.42. The summed E-state index contributed by atoms with van der Waals surface area (Å²) in [6, 6.07) is 0. The zero-order valence-corrected chi connectivity index (χ0v) is 14.6. The first kappa shape index (κ1) is 16.7. The lowest BCUT2D eigenvalue weighted by atomic mass is 9.82. The molecule has 0 unspecified atom stereocenters. The van der Waals surface area contributed by atoms with Crippen LogP contribution < -0.4 is 10.7 Å². The van der Waals surface area contributed by atoms with Gasteiger partial charge >= 0.3 is 6.09 Å². The number of fused-ring (bicyclic) bond motifs is 3. The highest BCUT2D eigenvalue weighted by atomic mass is 16.7. The van der Waals surface area contributed by atoms with Crippen LogP contribution in [0, 0.1) is 11.8 Å². The SMILES string of the molecule is CNC(=O)O[C@@H]1OC=C(C(=O)NN2CCCCC2)[C@H]2C[C@@H]3O[C@]3(C)[C@H]12. The van der Waals surface area contributed by atoms with Gasteiger partial charge in [-0.1, -0.05) is 6.42 Å². The van der Waals surface area contributed by atoms with Crippen LogP contribution in [0.5, 0.6) is 0 Å². The van der Waals surface area contributed by atoms with E-state index in [4.69, 9.17) is 14.2 Å². The van der Waals surface area contributed by atoms with Crippen molar-refractivity contribution in [3.63, 3.8) is 0 Å². The predicted molar refractivity (Wildman–Crippen MR) is 86.9 cm³/mol. The molecule has 0 aromatic rings. The van der Waals surface area contributed by atoms with E-state index in [9.17, 15) is 9.59 Å². The second-order valence-corrected chi connectivity index (χ2v) is 7.38. The molecule has 8 nitrogen and oxygen atoms in total. The third-order valence-electron chi connectivity index (χ3n) is 5.87. The molecule has 2 amide bonds. The van der Waals surface area contributed by atoms with E-state index in [-0.39, 0.29) is 23.8 Å². The molecular formula is C17H25N3O5. The van der Waals surface area contributed by atoms with Crippen LogP contribution in [-0.4, -0.2) is 55.1 Å². The number of piperidine rings is 1. The van der Waals surface area contributed by atoms with Crippen LogP contribution in [0.1, 0.15) is 32.6 Å². The zero-order valence-electron chi connectivity index (χ0n) is 14.6. The molecule has 0 aromatic heterocycles. The molecule has 25 heavy (non-hydrogen) atoms. The summed E-state index contributed by atoms with van der Waals surface area (Å²) in [5, 5.41) is 4.41. The number of amides is 2. The Hall–Kier alpha value is -1.80. The summed E-state index contributed by atoms with van der Waals surface area (Å²) < 4.78 is 16.8. The van der Waals surface area contributed by atoms with E-state index in [1.165, 1.54) is 19.7 Å². The molecule has 4 rings (SSSR count). The number of alkyl carbamates (subject to hydrolysis) is 1. The second kappa shape index (κ2) is 6.17. The number of hydrazine groups is 1. The first-order valence-corrected chi connectivity index (χ1v) is 9.00. The lowest BCUT2D eigenvalue weighted by Crippen LogP contribution is -2.49. The molecule has 5 atom stereocenters. The highest BCUT2D eigenvalue weighted by molar-refractivity contribution is 5.93. The minimum absolute atomic E-state index is 0.0306. The number of carbonyl (C=O) groups is 2. The number of hydrogen-bond acceptors (Lipinski definition) is 6. The Kier molecular flexibility index (Phi) is 4.11. The Balaban J connectivity index is 1.50. The Morgan fingerprint density at radius 1 is 1.32 bits per heavy atom. The van der Waals surface area contributed by atoms with Crippen molar-refractivity contribution in [2.45, 2.75) is 50.6 Å². The van der Waals surface area contributed by atoms with Gasteiger partial charge in [-0.3, -0.25) is 10.2 Å². The van der Waals surface area contributed by atoms with Gasteiger partial charge in [0.1, 0.15) is 5.60 Å². The van der Waals surface area contributed by atoms with Crippen LogP contribution in [0.15, 0.2) is 11.8 Å². The number of nitrogens with zero attached hydrogens (tertiary/aromatic N) is 1. The normalized spacial score (nSPS) is 39.4. The number of epoxide rings is 1. The molecule has 2 N–H and O–H groups in total. The molecule has 0 bridgehead atoms. The summed E-state index contributed by atoms with van der Waals surface area (Å²) in [5.41, 5.74) is 3.22. The molecule has 8 heteroatoms. The number of ether oxygens (including phenoxy) is 3. The summed E-state index contributed by atoms with van der Waals surface area (Å²) in [7, 11) is 1.50. The third-order valence-corrected chi connectivity index (χ3v) is 5.87. The highest BCUT2D eigenvalue weighted by Crippen LogP contribution is 2.60. The van der Waals surface area contributed by atoms with Gasteiger partial charge in [0.05, 0.1) is 23.9 Å². The minimum atomic E-state index is -0.742. The number of rotatable bonds is 3. The molecule has 3 aliphatic heterocycles. The maximum absolute atomic E-state index is 12.8. The predicted octanol–water partition coefficient (Wildman–Crippen LogP) is 0.893. The van der Waals surface area contributed by atoms with Gasteiger partial charge in [0.25, 0.3) is 12.2 Å². The van der Waals surface area contributed by atoms with E-state index in [0.29, 0.717) is 5.57 Å². The van der Waals surface area contributed by atoms with E-state index in [1.54, 1.807) is 0 Å². The van der Waals surface area contributed by atoms with Crippen LogP contribution in [0.4, 0.5) is 4.79 Å². The molecule has 0 spiro atoms. The summed E-state index contributed by atoms with van der Waals surface area (Å²) in [4.78, 5) is 24.4. The monoisotopic (exact) mass is 351 g/mol. The largest absolute Gasteiger partial charge is 0.461 e. The molecule has 0 radical (unpaired) electrons. The number of hydrogen-bond donors (Lipinski definition) is 2. The van der Waals surface area contributed by atoms with Crippen LogP contribution in [0.2, 0.25) is 0 Å². The lowest BCUT2D eigenvalue weighted by molar-refractivity contribution is -0.143. The van der Waals surface area contributed by atoms with Gasteiger partial charge in [-0.2, -0.15) is 0 Å². The number of carbonyl (C=O) groups excluding carboxylic acids is 2. The van der Waals surface area contributed by atoms with Crippen molar-refractivity contribution >= 4 is 12.0 Å². The minimum Gasteiger partial charge on any atom is -0.461 e. The van der Waals surface area contributed by atoms with Gasteiger partial charge in [0.2, 0.25) is 0 Å². The summed E-state index contributed by atoms with van der Waals surface area (Å²) in [6.07, 6.45) is 4.40. The van der Waals surface area contributed by atoms with Crippen molar-refractivity contribution in [3.05, 3.63) is 11.8 Å². The van der Waals surface area contributed by atoms with Gasteiger partial charge in [-0.05, 0) is 26.2 Å². The van der Waals surface area contributed by atoms with Crippen LogP contribution in [-0.2, 0) is 19.0 Å². The van der Waals surface area contributed by atoms with Crippen molar-refractivity contribution in [1.82, 2.24) is 15.8 Å². The van der Waals surface area contributed by atoms with E-state index in [0.717, 1.165) is 32.4 Å². The molecule has 0 aromatic carbocycles. The number of nitrogens with one attached hydrogen (secondary N) is 2. The van der Waals surface area contributed by atoms with Crippen LogP contribution in [0.3, 0.4) is 0 Å². The summed E-state index contributed by atoms with van der Waals surface area (Å²) in [6.45, 7) is 3.75. The van der Waals surface area contributed by atoms with E-state index >= 15 is 0 Å². The molecule has 3 heterocycles. The van der Waals surface area contributed by atoms with Gasteiger partial charge in [-0.25, -0.2) is 9.80 Å². The van der Waals surface area contributed by atoms with Crippen molar-refractivity contribution in [2.75, 3.05) is 20.1 Å². The Bertz CT molecular complexity index is 603. The molecular weight excluding hydrogens is 326 g/mol. The molecule has 1 aliphatic carbocycles. The third kappa shape index (κ3) is 2.87. The quantitative estimate of drug-likeness (QED) is 0.734. The van der Waals surface area contributed by atoms with Crippen LogP contribution in [0.25, 0.3) is 0 Å². The summed E-state index contributed by atoms with van der Waals surface area (Å²) >= 11 is 0. The second-order valence-electron chi connectivity index (χ2n) is 7.38. The average molecular weight is 351 g/mol. The van der Waals surface area contributed by atoms with Crippen LogP contribution >= 0.6 is 0 Å². The van der Waals surface area contributed by atoms with E-state index in [2.05, 4.69) is 10.7 Å². The van der Waals surface area contributed by atoms with Gasteiger partial charge in [0.15, 0.2) is 0 Å².